The van der Waals surface area contributed by atoms with E-state index < -0.39 is 0 Å². The van der Waals surface area contributed by atoms with Gasteiger partial charge in [-0.05, 0) is 19.9 Å². The van der Waals surface area contributed by atoms with Crippen LogP contribution >= 0.6 is 0 Å². The van der Waals surface area contributed by atoms with Crippen molar-refractivity contribution in [2.45, 2.75) is 31.8 Å². The number of ether oxygens (including phenoxy) is 1. The summed E-state index contributed by atoms with van der Waals surface area (Å²) in [5.74, 6) is 0.578. The topological polar surface area (TPSA) is 41.7 Å². The lowest BCUT2D eigenvalue weighted by Gasteiger charge is -2.40. The van der Waals surface area contributed by atoms with Crippen LogP contribution in [0.15, 0.2) is 0 Å². The molecule has 0 aromatic heterocycles. The van der Waals surface area contributed by atoms with Crippen LogP contribution in [0.25, 0.3) is 0 Å². The maximum atomic E-state index is 6.30. The first-order valence-electron chi connectivity index (χ1n) is 6.96. The molecule has 17 heavy (non-hydrogen) atoms. The van der Waals surface area contributed by atoms with Crippen LogP contribution in [-0.4, -0.2) is 68.3 Å². The summed E-state index contributed by atoms with van der Waals surface area (Å²) in [5, 5.41) is 0. The Morgan fingerprint density at radius 3 is 2.88 bits per heavy atom. The average molecular weight is 241 g/mol. The van der Waals surface area contributed by atoms with Crippen molar-refractivity contribution < 1.29 is 4.74 Å². The minimum Gasteiger partial charge on any atom is -0.381 e. The molecule has 2 aliphatic rings. The van der Waals surface area contributed by atoms with Crippen LogP contribution in [-0.2, 0) is 4.74 Å². The fourth-order valence-electron chi connectivity index (χ4n) is 2.95. The summed E-state index contributed by atoms with van der Waals surface area (Å²) in [6.45, 7) is 8.59. The van der Waals surface area contributed by atoms with E-state index in [0.717, 1.165) is 32.7 Å². The van der Waals surface area contributed by atoms with Gasteiger partial charge in [0.1, 0.15) is 0 Å². The van der Waals surface area contributed by atoms with Gasteiger partial charge in [0.15, 0.2) is 0 Å². The van der Waals surface area contributed by atoms with E-state index in [2.05, 4.69) is 23.8 Å². The number of likely N-dealkylation sites (N-methyl/N-ethyl adjacent to an activating group) is 1. The van der Waals surface area contributed by atoms with E-state index in [-0.39, 0.29) is 0 Å². The zero-order valence-corrected chi connectivity index (χ0v) is 11.3. The average Bonchev–Trinajstić information content (AvgIpc) is 2.85. The summed E-state index contributed by atoms with van der Waals surface area (Å²) in [7, 11) is 2.23. The molecule has 0 aromatic rings. The van der Waals surface area contributed by atoms with E-state index in [9.17, 15) is 0 Å². The van der Waals surface area contributed by atoms with Crippen molar-refractivity contribution in [3.05, 3.63) is 0 Å². The first-order chi connectivity index (χ1) is 8.20. The zero-order valence-electron chi connectivity index (χ0n) is 11.3. The molecule has 2 fully saturated rings. The van der Waals surface area contributed by atoms with Gasteiger partial charge in [-0.25, -0.2) is 0 Å². The molecule has 0 saturated carbocycles. The van der Waals surface area contributed by atoms with E-state index in [1.165, 1.54) is 19.5 Å². The van der Waals surface area contributed by atoms with Gasteiger partial charge in [-0.2, -0.15) is 0 Å². The van der Waals surface area contributed by atoms with Crippen molar-refractivity contribution in [3.63, 3.8) is 0 Å². The predicted molar refractivity (Wildman–Crippen MR) is 70.1 cm³/mol. The first kappa shape index (κ1) is 13.3. The van der Waals surface area contributed by atoms with E-state index >= 15 is 0 Å². The molecule has 2 aliphatic heterocycles. The van der Waals surface area contributed by atoms with Gasteiger partial charge in [0.25, 0.3) is 0 Å². The molecule has 3 atom stereocenters. The number of nitrogens with zero attached hydrogens (tertiary/aromatic N) is 2. The summed E-state index contributed by atoms with van der Waals surface area (Å²) in [6.07, 6.45) is 2.38. The third-order valence-corrected chi connectivity index (χ3v) is 4.37. The van der Waals surface area contributed by atoms with Gasteiger partial charge < -0.3 is 15.4 Å². The van der Waals surface area contributed by atoms with E-state index in [0.29, 0.717) is 18.0 Å². The van der Waals surface area contributed by atoms with E-state index in [1.807, 2.05) is 0 Å². The van der Waals surface area contributed by atoms with Gasteiger partial charge in [0.2, 0.25) is 0 Å². The van der Waals surface area contributed by atoms with Crippen molar-refractivity contribution >= 4 is 0 Å². The second kappa shape index (κ2) is 6.14. The number of hydrogen-bond donors (Lipinski definition) is 1. The minimum atomic E-state index is 0.290. The molecule has 100 valence electrons. The summed E-state index contributed by atoms with van der Waals surface area (Å²) in [4.78, 5) is 5.01. The number of piperazine rings is 1. The quantitative estimate of drug-likeness (QED) is 0.772. The fraction of sp³-hybridized carbons (Fsp3) is 1.00. The molecule has 4 heteroatoms. The van der Waals surface area contributed by atoms with Crippen LogP contribution in [0.4, 0.5) is 0 Å². The molecule has 2 N–H and O–H groups in total. The molecule has 0 bridgehead atoms. The molecule has 0 amide bonds. The van der Waals surface area contributed by atoms with Crippen molar-refractivity contribution in [2.24, 2.45) is 11.7 Å². The Balaban J connectivity index is 1.78. The van der Waals surface area contributed by atoms with Crippen LogP contribution < -0.4 is 5.73 Å². The molecule has 0 aliphatic carbocycles. The lowest BCUT2D eigenvalue weighted by Crippen LogP contribution is -2.54. The first-order valence-corrected chi connectivity index (χ1v) is 6.96. The fourth-order valence-corrected chi connectivity index (χ4v) is 2.95. The largest absolute Gasteiger partial charge is 0.381 e. The normalized spacial score (nSPS) is 34.1. The molecule has 4 nitrogen and oxygen atoms in total. The van der Waals surface area contributed by atoms with Gasteiger partial charge in [-0.15, -0.1) is 0 Å². The molecule has 0 aromatic carbocycles. The summed E-state index contributed by atoms with van der Waals surface area (Å²) in [6, 6.07) is 0.995. The summed E-state index contributed by atoms with van der Waals surface area (Å²) < 4.78 is 5.42. The SMILES string of the molecule is CCC1CN(CC(N)C2CCOC2)CCN1C. The van der Waals surface area contributed by atoms with Crippen molar-refractivity contribution in [3.8, 4) is 0 Å². The Bertz CT molecular complexity index is 231. The van der Waals surface area contributed by atoms with Gasteiger partial charge in [0.05, 0.1) is 6.61 Å². The van der Waals surface area contributed by atoms with Crippen molar-refractivity contribution in [2.75, 3.05) is 46.4 Å². The van der Waals surface area contributed by atoms with E-state index in [1.54, 1.807) is 0 Å². The highest BCUT2D eigenvalue weighted by Gasteiger charge is 2.28. The van der Waals surface area contributed by atoms with Crippen LogP contribution in [0.2, 0.25) is 0 Å². The minimum absolute atomic E-state index is 0.290. The molecule has 2 heterocycles. The van der Waals surface area contributed by atoms with Crippen LogP contribution in [0, 0.1) is 5.92 Å². The van der Waals surface area contributed by atoms with Crippen LogP contribution in [0.1, 0.15) is 19.8 Å². The third-order valence-electron chi connectivity index (χ3n) is 4.37. The highest BCUT2D eigenvalue weighted by molar-refractivity contribution is 4.84. The Labute approximate surface area is 105 Å². The van der Waals surface area contributed by atoms with Crippen LogP contribution in [0.3, 0.4) is 0 Å². The lowest BCUT2D eigenvalue weighted by molar-refractivity contribution is 0.0823. The van der Waals surface area contributed by atoms with Gasteiger partial charge in [0, 0.05) is 50.8 Å². The molecule has 0 radical (unpaired) electrons. The molecular formula is C13H27N3O. The zero-order chi connectivity index (χ0) is 12.3. The second-order valence-corrected chi connectivity index (χ2v) is 5.59. The molecule has 0 spiro atoms. The van der Waals surface area contributed by atoms with Crippen molar-refractivity contribution in [1.29, 1.82) is 0 Å². The smallest absolute Gasteiger partial charge is 0.0510 e. The maximum absolute atomic E-state index is 6.30. The highest BCUT2D eigenvalue weighted by atomic mass is 16.5. The Morgan fingerprint density at radius 2 is 2.24 bits per heavy atom. The Morgan fingerprint density at radius 1 is 1.41 bits per heavy atom. The standard InChI is InChI=1S/C13H27N3O/c1-3-12-8-16(6-5-15(12)2)9-13(14)11-4-7-17-10-11/h11-13H,3-10,14H2,1-2H3. The Hall–Kier alpha value is -0.160. The van der Waals surface area contributed by atoms with E-state index in [4.69, 9.17) is 10.5 Å². The highest BCUT2D eigenvalue weighted by Crippen LogP contribution is 2.18. The van der Waals surface area contributed by atoms with Gasteiger partial charge in [-0.3, -0.25) is 4.90 Å². The number of nitrogens with two attached hydrogens (primary N) is 1. The lowest BCUT2D eigenvalue weighted by atomic mass is 9.98. The third kappa shape index (κ3) is 3.41. The van der Waals surface area contributed by atoms with Crippen LogP contribution in [0.5, 0.6) is 0 Å². The summed E-state index contributed by atoms with van der Waals surface area (Å²) in [5.41, 5.74) is 6.30. The van der Waals surface area contributed by atoms with Gasteiger partial charge in [-0.1, -0.05) is 6.92 Å². The molecule has 3 unspecified atom stereocenters. The number of rotatable bonds is 4. The summed E-state index contributed by atoms with van der Waals surface area (Å²) >= 11 is 0. The van der Waals surface area contributed by atoms with Crippen molar-refractivity contribution in [1.82, 2.24) is 9.80 Å². The second-order valence-electron chi connectivity index (χ2n) is 5.59. The Kier molecular flexibility index (Phi) is 4.79. The molecule has 2 rings (SSSR count). The molecule has 2 saturated heterocycles. The monoisotopic (exact) mass is 241 g/mol. The number of hydrogen-bond acceptors (Lipinski definition) is 4. The predicted octanol–water partition coefficient (Wildman–Crippen LogP) is 0.376. The molecular weight excluding hydrogens is 214 g/mol. The van der Waals surface area contributed by atoms with Gasteiger partial charge >= 0.3 is 0 Å². The maximum Gasteiger partial charge on any atom is 0.0510 e.